The Morgan fingerprint density at radius 2 is 2.17 bits per heavy atom. The molecule has 2 aromatic rings. The van der Waals surface area contributed by atoms with Crippen LogP contribution in [0.3, 0.4) is 0 Å². The average molecular weight is 289 g/mol. The Kier molecular flexibility index (Phi) is 3.13. The zero-order valence-corrected chi connectivity index (χ0v) is 10.7. The minimum atomic E-state index is -4.09. The molecule has 0 bridgehead atoms. The fraction of sp³-hybridized carbons (Fsp3) is 0.125. The van der Waals surface area contributed by atoms with Gasteiger partial charge < -0.3 is 5.73 Å². The van der Waals surface area contributed by atoms with Crippen LogP contribution >= 0.6 is 11.5 Å². The van der Waals surface area contributed by atoms with Crippen LogP contribution in [-0.2, 0) is 10.0 Å². The van der Waals surface area contributed by atoms with Gasteiger partial charge in [-0.1, -0.05) is 9.59 Å². The van der Waals surface area contributed by atoms with Crippen LogP contribution in [0.5, 0.6) is 0 Å². The molecule has 1 aromatic heterocycles. The summed E-state index contributed by atoms with van der Waals surface area (Å²) >= 11 is 0.741. The van der Waals surface area contributed by atoms with E-state index in [0.29, 0.717) is 5.56 Å². The number of nitrogen functional groups attached to an aromatic ring is 1. The summed E-state index contributed by atoms with van der Waals surface area (Å²) in [5, 5.41) is 6.59. The molecule has 10 heteroatoms. The van der Waals surface area contributed by atoms with Crippen molar-refractivity contribution in [3.8, 4) is 0 Å². The van der Waals surface area contributed by atoms with Gasteiger partial charge in [0, 0.05) is 17.2 Å². The highest BCUT2D eigenvalue weighted by Crippen LogP contribution is 2.23. The maximum absolute atomic E-state index is 13.6. The molecule has 0 atom stereocenters. The lowest BCUT2D eigenvalue weighted by Gasteiger charge is -2.08. The first-order chi connectivity index (χ1) is 8.40. The van der Waals surface area contributed by atoms with E-state index < -0.39 is 20.7 Å². The molecule has 18 heavy (non-hydrogen) atoms. The van der Waals surface area contributed by atoms with E-state index >= 15 is 0 Å². The van der Waals surface area contributed by atoms with Crippen molar-refractivity contribution in [3.63, 3.8) is 0 Å². The van der Waals surface area contributed by atoms with Gasteiger partial charge in [0.05, 0.1) is 0 Å². The van der Waals surface area contributed by atoms with Crippen molar-refractivity contribution in [1.29, 1.82) is 0 Å². The van der Waals surface area contributed by atoms with Crippen LogP contribution in [0.1, 0.15) is 5.56 Å². The summed E-state index contributed by atoms with van der Waals surface area (Å²) in [5.74, 6) is -0.883. The van der Waals surface area contributed by atoms with Crippen molar-refractivity contribution in [2.75, 3.05) is 10.5 Å². The molecule has 1 heterocycles. The van der Waals surface area contributed by atoms with Crippen molar-refractivity contribution in [3.05, 3.63) is 23.5 Å². The van der Waals surface area contributed by atoms with Gasteiger partial charge in [0.15, 0.2) is 0 Å². The topological polar surface area (TPSA) is 111 Å². The molecule has 0 aliphatic rings. The molecular formula is C8H8FN5O2S2. The molecule has 2 rings (SSSR count). The molecule has 0 amide bonds. The predicted octanol–water partition coefficient (Wildman–Crippen LogP) is 0.764. The van der Waals surface area contributed by atoms with Crippen LogP contribution in [0.15, 0.2) is 17.0 Å². The standard InChI is InChI=1S/C8H8FN5O2S2/c1-4-2-5(9)7(3-6(4)10)18(15,16)12-8-11-13-14-17-8/h2-3H,10H2,1H3,(H,11,12,14). The molecule has 0 unspecified atom stereocenters. The van der Waals surface area contributed by atoms with Crippen LogP contribution in [0.4, 0.5) is 15.2 Å². The molecule has 0 spiro atoms. The summed E-state index contributed by atoms with van der Waals surface area (Å²) in [7, 11) is -4.09. The number of hydrogen-bond donors (Lipinski definition) is 2. The molecule has 7 nitrogen and oxygen atoms in total. The molecule has 0 radical (unpaired) electrons. The third kappa shape index (κ3) is 2.38. The molecule has 96 valence electrons. The van der Waals surface area contributed by atoms with E-state index in [1.165, 1.54) is 0 Å². The van der Waals surface area contributed by atoms with E-state index in [1.807, 2.05) is 0 Å². The maximum atomic E-state index is 13.6. The highest BCUT2D eigenvalue weighted by Gasteiger charge is 2.21. The lowest BCUT2D eigenvalue weighted by Crippen LogP contribution is -2.15. The Morgan fingerprint density at radius 3 is 2.78 bits per heavy atom. The average Bonchev–Trinajstić information content (AvgIpc) is 2.75. The second-order valence-electron chi connectivity index (χ2n) is 3.41. The van der Waals surface area contributed by atoms with Crippen LogP contribution in [0, 0.1) is 12.7 Å². The molecule has 0 aliphatic heterocycles. The quantitative estimate of drug-likeness (QED) is 0.807. The van der Waals surface area contributed by atoms with E-state index in [0.717, 1.165) is 23.7 Å². The van der Waals surface area contributed by atoms with Crippen LogP contribution in [-0.4, -0.2) is 23.2 Å². The lowest BCUT2D eigenvalue weighted by molar-refractivity contribution is 0.570. The Labute approximate surface area is 106 Å². The second kappa shape index (κ2) is 4.46. The SMILES string of the molecule is Cc1cc(F)c(S(=O)(=O)Nc2nnns2)cc1N. The number of nitrogens with one attached hydrogen (secondary N) is 1. The van der Waals surface area contributed by atoms with Crippen LogP contribution in [0.25, 0.3) is 0 Å². The summed E-state index contributed by atoms with van der Waals surface area (Å²) in [6.07, 6.45) is 0. The van der Waals surface area contributed by atoms with Gasteiger partial charge in [-0.05, 0) is 29.8 Å². The van der Waals surface area contributed by atoms with E-state index in [2.05, 4.69) is 19.5 Å². The van der Waals surface area contributed by atoms with Crippen LogP contribution < -0.4 is 10.5 Å². The molecule has 0 saturated carbocycles. The predicted molar refractivity (Wildman–Crippen MR) is 64.1 cm³/mol. The minimum Gasteiger partial charge on any atom is -0.398 e. The zero-order chi connectivity index (χ0) is 13.3. The van der Waals surface area contributed by atoms with Gasteiger partial charge in [0.25, 0.3) is 10.0 Å². The van der Waals surface area contributed by atoms with Gasteiger partial charge in [-0.3, -0.25) is 4.72 Å². The summed E-state index contributed by atoms with van der Waals surface area (Å²) in [5.41, 5.74) is 6.21. The summed E-state index contributed by atoms with van der Waals surface area (Å²) in [6, 6.07) is 2.11. The van der Waals surface area contributed by atoms with Gasteiger partial charge in [-0.15, -0.1) is 0 Å². The highest BCUT2D eigenvalue weighted by atomic mass is 32.2. The fourth-order valence-corrected chi connectivity index (χ4v) is 2.90. The number of aromatic nitrogens is 3. The molecule has 3 N–H and O–H groups in total. The van der Waals surface area contributed by atoms with E-state index in [4.69, 9.17) is 5.73 Å². The Morgan fingerprint density at radius 1 is 1.44 bits per heavy atom. The van der Waals surface area contributed by atoms with E-state index in [1.54, 1.807) is 6.92 Å². The number of sulfonamides is 1. The number of rotatable bonds is 3. The molecule has 1 aromatic carbocycles. The van der Waals surface area contributed by atoms with Crippen molar-refractivity contribution < 1.29 is 12.8 Å². The van der Waals surface area contributed by atoms with Crippen molar-refractivity contribution in [2.24, 2.45) is 0 Å². The summed E-state index contributed by atoms with van der Waals surface area (Å²) < 4.78 is 42.9. The first kappa shape index (κ1) is 12.6. The largest absolute Gasteiger partial charge is 0.398 e. The third-order valence-electron chi connectivity index (χ3n) is 2.13. The first-order valence-corrected chi connectivity index (χ1v) is 6.89. The highest BCUT2D eigenvalue weighted by molar-refractivity contribution is 7.93. The summed E-state index contributed by atoms with van der Waals surface area (Å²) in [6.45, 7) is 1.58. The number of benzene rings is 1. The van der Waals surface area contributed by atoms with E-state index in [-0.39, 0.29) is 10.8 Å². The maximum Gasteiger partial charge on any atom is 0.266 e. The third-order valence-corrected chi connectivity index (χ3v) is 4.13. The second-order valence-corrected chi connectivity index (χ2v) is 5.80. The Bertz CT molecular complexity index is 671. The van der Waals surface area contributed by atoms with Gasteiger partial charge in [0.2, 0.25) is 5.13 Å². The fourth-order valence-electron chi connectivity index (χ4n) is 1.22. The van der Waals surface area contributed by atoms with Crippen molar-refractivity contribution in [1.82, 2.24) is 14.8 Å². The van der Waals surface area contributed by atoms with Gasteiger partial charge in [0.1, 0.15) is 10.7 Å². The molecule has 0 aliphatic carbocycles. The van der Waals surface area contributed by atoms with Gasteiger partial charge in [-0.25, -0.2) is 12.8 Å². The number of anilines is 2. The minimum absolute atomic E-state index is 0.0476. The number of nitrogens with two attached hydrogens (primary N) is 1. The molecular weight excluding hydrogens is 281 g/mol. The number of aryl methyl sites for hydroxylation is 1. The normalized spacial score (nSPS) is 11.4. The monoisotopic (exact) mass is 289 g/mol. The smallest absolute Gasteiger partial charge is 0.266 e. The summed E-state index contributed by atoms with van der Waals surface area (Å²) in [4.78, 5) is -0.541. The van der Waals surface area contributed by atoms with E-state index in [9.17, 15) is 12.8 Å². The lowest BCUT2D eigenvalue weighted by atomic mass is 10.2. The van der Waals surface area contributed by atoms with Crippen molar-refractivity contribution in [2.45, 2.75) is 11.8 Å². The van der Waals surface area contributed by atoms with Crippen LogP contribution in [0.2, 0.25) is 0 Å². The number of nitrogens with zero attached hydrogens (tertiary/aromatic N) is 3. The number of hydrogen-bond acceptors (Lipinski definition) is 7. The first-order valence-electron chi connectivity index (χ1n) is 4.63. The molecule has 0 fully saturated rings. The zero-order valence-electron chi connectivity index (χ0n) is 9.08. The Hall–Kier alpha value is -1.81. The number of halogens is 1. The Balaban J connectivity index is 2.44. The van der Waals surface area contributed by atoms with Gasteiger partial charge in [-0.2, -0.15) is 0 Å². The van der Waals surface area contributed by atoms with Gasteiger partial charge >= 0.3 is 0 Å². The van der Waals surface area contributed by atoms with Crippen molar-refractivity contribution >= 4 is 32.4 Å². The molecule has 0 saturated heterocycles.